The zero-order valence-corrected chi connectivity index (χ0v) is 9.46. The summed E-state index contributed by atoms with van der Waals surface area (Å²) in [4.78, 5) is 0. The molecule has 0 radical (unpaired) electrons. The molecule has 0 atom stereocenters. The Morgan fingerprint density at radius 3 is 2.67 bits per heavy atom. The van der Waals surface area contributed by atoms with Crippen LogP contribution in [0.15, 0.2) is 24.3 Å². The van der Waals surface area contributed by atoms with E-state index in [0.717, 1.165) is 18.6 Å². The van der Waals surface area contributed by atoms with E-state index < -0.39 is 0 Å². The third-order valence-electron chi connectivity index (χ3n) is 3.02. The number of nitrogens with two attached hydrogens (primary N) is 1. The van der Waals surface area contributed by atoms with Crippen LogP contribution in [0.25, 0.3) is 0 Å². The first-order valence-corrected chi connectivity index (χ1v) is 5.77. The van der Waals surface area contributed by atoms with Crippen molar-refractivity contribution in [1.29, 1.82) is 0 Å². The number of hydrogen-bond donors (Lipinski definition) is 1. The third kappa shape index (κ3) is 2.44. The quantitative estimate of drug-likeness (QED) is 0.859. The van der Waals surface area contributed by atoms with Crippen LogP contribution in [0.3, 0.4) is 0 Å². The molecule has 1 fully saturated rings. The van der Waals surface area contributed by atoms with E-state index in [4.69, 9.17) is 22.1 Å². The van der Waals surface area contributed by atoms with Crippen LogP contribution in [0.2, 0.25) is 5.02 Å². The van der Waals surface area contributed by atoms with Gasteiger partial charge in [-0.3, -0.25) is 0 Å². The third-order valence-corrected chi connectivity index (χ3v) is 3.25. The van der Waals surface area contributed by atoms with Crippen LogP contribution in [0.1, 0.15) is 25.7 Å². The maximum Gasteiger partial charge on any atom is 0.121 e. The molecule has 1 saturated carbocycles. The minimum Gasteiger partial charge on any atom is -0.486 e. The van der Waals surface area contributed by atoms with Crippen molar-refractivity contribution in [3.05, 3.63) is 29.3 Å². The predicted octanol–water partition coefficient (Wildman–Crippen LogP) is 2.99. The monoisotopic (exact) mass is 225 g/mol. The van der Waals surface area contributed by atoms with Crippen molar-refractivity contribution in [3.8, 4) is 5.75 Å². The van der Waals surface area contributed by atoms with Gasteiger partial charge in [-0.1, -0.05) is 17.7 Å². The Kier molecular flexibility index (Phi) is 3.17. The van der Waals surface area contributed by atoms with Gasteiger partial charge in [0.05, 0.1) is 0 Å². The second-order valence-corrected chi connectivity index (χ2v) is 4.59. The Labute approximate surface area is 95.4 Å². The van der Waals surface area contributed by atoms with Gasteiger partial charge in [0.1, 0.15) is 11.4 Å². The van der Waals surface area contributed by atoms with E-state index in [2.05, 4.69) is 0 Å². The first kappa shape index (κ1) is 10.8. The van der Waals surface area contributed by atoms with E-state index in [1.54, 1.807) is 0 Å². The maximum atomic E-state index is 5.98. The minimum absolute atomic E-state index is 0.148. The second-order valence-electron chi connectivity index (χ2n) is 4.15. The molecule has 82 valence electrons. The van der Waals surface area contributed by atoms with E-state index >= 15 is 0 Å². The Balaban J connectivity index is 2.12. The molecule has 0 bridgehead atoms. The fourth-order valence-electron chi connectivity index (χ4n) is 2.15. The molecule has 1 aliphatic rings. The van der Waals surface area contributed by atoms with Gasteiger partial charge in [-0.05, 0) is 43.9 Å². The molecule has 0 amide bonds. The zero-order chi connectivity index (χ0) is 10.7. The lowest BCUT2D eigenvalue weighted by molar-refractivity contribution is 0.0853. The number of rotatable bonds is 3. The molecule has 1 aromatic rings. The predicted molar refractivity (Wildman–Crippen MR) is 62.3 cm³/mol. The Bertz CT molecular complexity index is 334. The van der Waals surface area contributed by atoms with Gasteiger partial charge in [-0.15, -0.1) is 0 Å². The average molecular weight is 226 g/mol. The fraction of sp³-hybridized carbons (Fsp3) is 0.500. The minimum atomic E-state index is -0.148. The highest BCUT2D eigenvalue weighted by Crippen LogP contribution is 2.34. The van der Waals surface area contributed by atoms with Crippen LogP contribution in [0.4, 0.5) is 0 Å². The van der Waals surface area contributed by atoms with Crippen LogP contribution in [-0.2, 0) is 0 Å². The molecule has 2 rings (SSSR count). The first-order valence-electron chi connectivity index (χ1n) is 5.39. The summed E-state index contributed by atoms with van der Waals surface area (Å²) < 4.78 is 5.98. The van der Waals surface area contributed by atoms with E-state index in [0.29, 0.717) is 11.6 Å². The Morgan fingerprint density at radius 1 is 1.33 bits per heavy atom. The van der Waals surface area contributed by atoms with Gasteiger partial charge >= 0.3 is 0 Å². The molecule has 0 heterocycles. The number of benzene rings is 1. The highest BCUT2D eigenvalue weighted by atomic mass is 35.5. The summed E-state index contributed by atoms with van der Waals surface area (Å²) in [6, 6.07) is 7.52. The molecule has 0 aromatic heterocycles. The zero-order valence-electron chi connectivity index (χ0n) is 8.71. The molecule has 15 heavy (non-hydrogen) atoms. The largest absolute Gasteiger partial charge is 0.486 e. The van der Waals surface area contributed by atoms with Crippen molar-refractivity contribution in [1.82, 2.24) is 0 Å². The first-order chi connectivity index (χ1) is 7.24. The van der Waals surface area contributed by atoms with E-state index in [1.165, 1.54) is 12.8 Å². The smallest absolute Gasteiger partial charge is 0.121 e. The number of halogens is 1. The maximum absolute atomic E-state index is 5.98. The summed E-state index contributed by atoms with van der Waals surface area (Å²) in [5.41, 5.74) is 5.65. The average Bonchev–Trinajstić information content (AvgIpc) is 2.67. The van der Waals surface area contributed by atoms with Crippen molar-refractivity contribution in [2.75, 3.05) is 6.54 Å². The number of hydrogen-bond acceptors (Lipinski definition) is 2. The van der Waals surface area contributed by atoms with Crippen molar-refractivity contribution in [2.24, 2.45) is 5.73 Å². The lowest BCUT2D eigenvalue weighted by Gasteiger charge is -2.28. The van der Waals surface area contributed by atoms with Gasteiger partial charge in [0.25, 0.3) is 0 Å². The van der Waals surface area contributed by atoms with Gasteiger partial charge in [0.2, 0.25) is 0 Å². The van der Waals surface area contributed by atoms with Crippen LogP contribution in [-0.4, -0.2) is 12.1 Å². The van der Waals surface area contributed by atoms with E-state index in [1.807, 2.05) is 24.3 Å². The van der Waals surface area contributed by atoms with Crippen LogP contribution >= 0.6 is 11.6 Å². The van der Waals surface area contributed by atoms with Crippen LogP contribution < -0.4 is 10.5 Å². The summed E-state index contributed by atoms with van der Waals surface area (Å²) >= 11 is 5.91. The van der Waals surface area contributed by atoms with E-state index in [-0.39, 0.29) is 5.60 Å². The molecule has 2 nitrogen and oxygen atoms in total. The molecular formula is C12H16ClNO. The molecular weight excluding hydrogens is 210 g/mol. The van der Waals surface area contributed by atoms with Gasteiger partial charge < -0.3 is 10.5 Å². The summed E-state index contributed by atoms with van der Waals surface area (Å²) in [6.45, 7) is 0.583. The molecule has 2 N–H and O–H groups in total. The summed E-state index contributed by atoms with van der Waals surface area (Å²) in [5.74, 6) is 0.829. The van der Waals surface area contributed by atoms with Crippen LogP contribution in [0.5, 0.6) is 5.75 Å². The Morgan fingerprint density at radius 2 is 2.07 bits per heavy atom. The molecule has 1 aromatic carbocycles. The van der Waals surface area contributed by atoms with E-state index in [9.17, 15) is 0 Å². The molecule has 0 unspecified atom stereocenters. The molecule has 0 aliphatic heterocycles. The van der Waals surface area contributed by atoms with Crippen molar-refractivity contribution >= 4 is 11.6 Å². The number of ether oxygens (including phenoxy) is 1. The summed E-state index contributed by atoms with van der Waals surface area (Å²) in [6.07, 6.45) is 4.52. The normalized spacial score (nSPS) is 19.1. The van der Waals surface area contributed by atoms with Crippen molar-refractivity contribution in [2.45, 2.75) is 31.3 Å². The fourth-order valence-corrected chi connectivity index (χ4v) is 2.33. The summed E-state index contributed by atoms with van der Waals surface area (Å²) in [5, 5.41) is 0.706. The van der Waals surface area contributed by atoms with Gasteiger partial charge in [0.15, 0.2) is 0 Å². The lowest BCUT2D eigenvalue weighted by Crippen LogP contribution is -2.40. The highest BCUT2D eigenvalue weighted by molar-refractivity contribution is 6.30. The van der Waals surface area contributed by atoms with Crippen molar-refractivity contribution < 1.29 is 4.74 Å². The van der Waals surface area contributed by atoms with Gasteiger partial charge in [0, 0.05) is 11.6 Å². The lowest BCUT2D eigenvalue weighted by atomic mass is 10.0. The summed E-state index contributed by atoms with van der Waals surface area (Å²) in [7, 11) is 0. The topological polar surface area (TPSA) is 35.2 Å². The second kappa shape index (κ2) is 4.42. The molecule has 0 saturated heterocycles. The molecule has 1 aliphatic carbocycles. The van der Waals surface area contributed by atoms with Crippen molar-refractivity contribution in [3.63, 3.8) is 0 Å². The SMILES string of the molecule is NCC1(Oc2cccc(Cl)c2)CCCC1. The Hall–Kier alpha value is -0.730. The molecule has 3 heteroatoms. The van der Waals surface area contributed by atoms with Crippen LogP contribution in [0, 0.1) is 0 Å². The van der Waals surface area contributed by atoms with Gasteiger partial charge in [-0.25, -0.2) is 0 Å². The van der Waals surface area contributed by atoms with Gasteiger partial charge in [-0.2, -0.15) is 0 Å². The highest BCUT2D eigenvalue weighted by Gasteiger charge is 2.34. The standard InChI is InChI=1S/C12H16ClNO/c13-10-4-3-5-11(8-10)15-12(9-14)6-1-2-7-12/h3-5,8H,1-2,6-7,9,14H2. The molecule has 0 spiro atoms.